The van der Waals surface area contributed by atoms with Gasteiger partial charge in [0.25, 0.3) is 5.91 Å². The fourth-order valence-electron chi connectivity index (χ4n) is 3.43. The largest absolute Gasteiger partial charge is 0.480 e. The van der Waals surface area contributed by atoms with Crippen LogP contribution in [0.4, 0.5) is 17.2 Å². The predicted molar refractivity (Wildman–Crippen MR) is 117 cm³/mol. The third kappa shape index (κ3) is 4.23. The highest BCUT2D eigenvalue weighted by molar-refractivity contribution is 5.94. The minimum Gasteiger partial charge on any atom is -0.480 e. The van der Waals surface area contributed by atoms with Crippen LogP contribution in [0.5, 0.6) is 5.75 Å². The van der Waals surface area contributed by atoms with Crippen LogP contribution in [-0.2, 0) is 11.2 Å². The summed E-state index contributed by atoms with van der Waals surface area (Å²) < 4.78 is 7.50. The first-order valence-electron chi connectivity index (χ1n) is 10.0. The van der Waals surface area contributed by atoms with E-state index in [0.29, 0.717) is 23.7 Å². The van der Waals surface area contributed by atoms with E-state index in [4.69, 9.17) is 4.74 Å². The van der Waals surface area contributed by atoms with Crippen molar-refractivity contribution in [1.82, 2.24) is 20.0 Å². The second kappa shape index (κ2) is 8.27. The SMILES string of the molecule is O=C(Nc1ccc(Nc2ccc(-n3cccn3)nn2)cc1)C1CCc2ccccc2O1. The molecule has 2 aromatic heterocycles. The standard InChI is InChI=1S/C23H20N6O2/c30-23(20-11-6-16-4-1-2-5-19(16)31-20)26-18-9-7-17(8-10-18)25-21-12-13-22(28-27-21)29-15-3-14-24-29/h1-5,7-10,12-15,20H,6,11H2,(H,25,27)(H,26,30). The summed E-state index contributed by atoms with van der Waals surface area (Å²) in [5.74, 6) is 1.89. The van der Waals surface area contributed by atoms with Crippen molar-refractivity contribution < 1.29 is 9.53 Å². The maximum absolute atomic E-state index is 12.6. The highest BCUT2D eigenvalue weighted by Gasteiger charge is 2.25. The minimum absolute atomic E-state index is 0.143. The van der Waals surface area contributed by atoms with Crippen molar-refractivity contribution in [2.75, 3.05) is 10.6 Å². The van der Waals surface area contributed by atoms with E-state index in [1.54, 1.807) is 17.1 Å². The molecule has 0 bridgehead atoms. The summed E-state index contributed by atoms with van der Waals surface area (Å²) in [6.45, 7) is 0. The van der Waals surface area contributed by atoms with Crippen molar-refractivity contribution in [2.24, 2.45) is 0 Å². The molecule has 4 aromatic rings. The van der Waals surface area contributed by atoms with Crippen molar-refractivity contribution in [3.63, 3.8) is 0 Å². The quantitative estimate of drug-likeness (QED) is 0.519. The maximum Gasteiger partial charge on any atom is 0.265 e. The molecule has 0 fully saturated rings. The van der Waals surface area contributed by atoms with Crippen molar-refractivity contribution in [2.45, 2.75) is 18.9 Å². The lowest BCUT2D eigenvalue weighted by Crippen LogP contribution is -2.35. The molecule has 154 valence electrons. The number of nitrogens with zero attached hydrogens (tertiary/aromatic N) is 4. The van der Waals surface area contributed by atoms with E-state index in [1.165, 1.54) is 0 Å². The van der Waals surface area contributed by atoms with Gasteiger partial charge in [0.1, 0.15) is 5.75 Å². The van der Waals surface area contributed by atoms with Gasteiger partial charge in [0, 0.05) is 23.8 Å². The molecule has 8 heteroatoms. The van der Waals surface area contributed by atoms with Crippen LogP contribution in [0, 0.1) is 0 Å². The van der Waals surface area contributed by atoms with Crippen LogP contribution in [0.2, 0.25) is 0 Å². The van der Waals surface area contributed by atoms with E-state index in [9.17, 15) is 4.79 Å². The number of nitrogens with one attached hydrogen (secondary N) is 2. The number of benzene rings is 2. The summed E-state index contributed by atoms with van der Waals surface area (Å²) in [5, 5.41) is 18.6. The Morgan fingerprint density at radius 1 is 0.968 bits per heavy atom. The van der Waals surface area contributed by atoms with Gasteiger partial charge in [-0.2, -0.15) is 5.10 Å². The number of hydrogen-bond donors (Lipinski definition) is 2. The van der Waals surface area contributed by atoms with Gasteiger partial charge < -0.3 is 15.4 Å². The van der Waals surface area contributed by atoms with E-state index in [2.05, 4.69) is 25.9 Å². The van der Waals surface area contributed by atoms with Gasteiger partial charge in [-0.3, -0.25) is 4.79 Å². The number of ether oxygens (including phenoxy) is 1. The highest BCUT2D eigenvalue weighted by atomic mass is 16.5. The van der Waals surface area contributed by atoms with Gasteiger partial charge in [0.2, 0.25) is 0 Å². The minimum atomic E-state index is -0.490. The summed E-state index contributed by atoms with van der Waals surface area (Å²) in [7, 11) is 0. The Hall–Kier alpha value is -4.20. The summed E-state index contributed by atoms with van der Waals surface area (Å²) in [4.78, 5) is 12.6. The fraction of sp³-hybridized carbons (Fsp3) is 0.130. The number of aryl methyl sites for hydroxylation is 1. The number of carbonyl (C=O) groups excluding carboxylic acids is 1. The van der Waals surface area contributed by atoms with Crippen LogP contribution in [0.25, 0.3) is 5.82 Å². The molecule has 0 aliphatic carbocycles. The van der Waals surface area contributed by atoms with Crippen LogP contribution in [0.15, 0.2) is 79.1 Å². The van der Waals surface area contributed by atoms with Crippen LogP contribution in [-0.4, -0.2) is 32.0 Å². The molecule has 5 rings (SSSR count). The third-order valence-corrected chi connectivity index (χ3v) is 5.02. The molecule has 2 aromatic carbocycles. The van der Waals surface area contributed by atoms with Gasteiger partial charge in [-0.05, 0) is 66.9 Å². The first-order chi connectivity index (χ1) is 15.2. The van der Waals surface area contributed by atoms with Crippen molar-refractivity contribution >= 4 is 23.1 Å². The summed E-state index contributed by atoms with van der Waals surface area (Å²) >= 11 is 0. The van der Waals surface area contributed by atoms with E-state index >= 15 is 0 Å². The number of amides is 1. The predicted octanol–water partition coefficient (Wildman–Crippen LogP) is 3.74. The Balaban J connectivity index is 1.19. The Morgan fingerprint density at radius 2 is 1.81 bits per heavy atom. The van der Waals surface area contributed by atoms with Crippen LogP contribution >= 0.6 is 0 Å². The van der Waals surface area contributed by atoms with Crippen LogP contribution in [0.1, 0.15) is 12.0 Å². The van der Waals surface area contributed by atoms with Gasteiger partial charge >= 0.3 is 0 Å². The van der Waals surface area contributed by atoms with Gasteiger partial charge in [0.15, 0.2) is 17.7 Å². The van der Waals surface area contributed by atoms with Crippen molar-refractivity contribution in [3.05, 3.63) is 84.7 Å². The van der Waals surface area contributed by atoms with Crippen LogP contribution < -0.4 is 15.4 Å². The molecule has 2 N–H and O–H groups in total. The number of hydrogen-bond acceptors (Lipinski definition) is 6. The first-order valence-corrected chi connectivity index (χ1v) is 10.0. The zero-order valence-corrected chi connectivity index (χ0v) is 16.6. The number of aromatic nitrogens is 4. The van der Waals surface area contributed by atoms with E-state index in [0.717, 1.165) is 23.4 Å². The summed E-state index contributed by atoms with van der Waals surface area (Å²) in [6, 6.07) is 20.7. The molecule has 3 heterocycles. The molecule has 0 saturated heterocycles. The summed E-state index contributed by atoms with van der Waals surface area (Å²) in [6.07, 6.45) is 4.50. The topological polar surface area (TPSA) is 94.0 Å². The fourth-order valence-corrected chi connectivity index (χ4v) is 3.43. The van der Waals surface area contributed by atoms with Gasteiger partial charge in [0.05, 0.1) is 0 Å². The average Bonchev–Trinajstić information content (AvgIpc) is 3.35. The van der Waals surface area contributed by atoms with E-state index in [-0.39, 0.29) is 5.91 Å². The molecule has 0 saturated carbocycles. The normalized spacial score (nSPS) is 14.9. The van der Waals surface area contributed by atoms with E-state index < -0.39 is 6.10 Å². The lowest BCUT2D eigenvalue weighted by Gasteiger charge is -2.25. The summed E-state index contributed by atoms with van der Waals surface area (Å²) in [5.41, 5.74) is 2.68. The smallest absolute Gasteiger partial charge is 0.265 e. The Morgan fingerprint density at radius 3 is 2.58 bits per heavy atom. The average molecular weight is 412 g/mol. The van der Waals surface area contributed by atoms with Crippen LogP contribution in [0.3, 0.4) is 0 Å². The molecule has 0 spiro atoms. The molecule has 1 amide bonds. The number of rotatable bonds is 5. The molecular formula is C23H20N6O2. The number of para-hydroxylation sites is 1. The number of anilines is 3. The van der Waals surface area contributed by atoms with Crippen molar-refractivity contribution in [1.29, 1.82) is 0 Å². The second-order valence-electron chi connectivity index (χ2n) is 7.17. The van der Waals surface area contributed by atoms with Gasteiger partial charge in [-0.25, -0.2) is 4.68 Å². The Labute approximate surface area is 178 Å². The molecule has 8 nitrogen and oxygen atoms in total. The van der Waals surface area contributed by atoms with Gasteiger partial charge in [-0.1, -0.05) is 18.2 Å². The van der Waals surface area contributed by atoms with Crippen molar-refractivity contribution in [3.8, 4) is 11.6 Å². The molecule has 31 heavy (non-hydrogen) atoms. The Kier molecular flexibility index (Phi) is 5.02. The zero-order valence-electron chi connectivity index (χ0n) is 16.6. The third-order valence-electron chi connectivity index (χ3n) is 5.02. The number of carbonyl (C=O) groups is 1. The Bertz CT molecular complexity index is 1170. The highest BCUT2D eigenvalue weighted by Crippen LogP contribution is 2.27. The first kappa shape index (κ1) is 18.8. The maximum atomic E-state index is 12.6. The lowest BCUT2D eigenvalue weighted by molar-refractivity contribution is -0.123. The molecular weight excluding hydrogens is 392 g/mol. The molecule has 1 aliphatic heterocycles. The number of fused-ring (bicyclic) bond motifs is 1. The van der Waals surface area contributed by atoms with E-state index in [1.807, 2.05) is 66.7 Å². The molecule has 1 atom stereocenters. The monoisotopic (exact) mass is 412 g/mol. The molecule has 1 aliphatic rings. The molecule has 0 radical (unpaired) electrons. The second-order valence-corrected chi connectivity index (χ2v) is 7.17. The zero-order chi connectivity index (χ0) is 21.0. The van der Waals surface area contributed by atoms with Gasteiger partial charge in [-0.15, -0.1) is 10.2 Å². The lowest BCUT2D eigenvalue weighted by atomic mass is 10.0. The molecule has 1 unspecified atom stereocenters.